The second kappa shape index (κ2) is 6.67. The predicted molar refractivity (Wildman–Crippen MR) is 90.3 cm³/mol. The number of thiazole rings is 1. The number of methoxy groups -OCH3 is 1. The Morgan fingerprint density at radius 2 is 2.08 bits per heavy atom. The lowest BCUT2D eigenvalue weighted by Crippen LogP contribution is -2.14. The number of aromatic nitrogens is 1. The van der Waals surface area contributed by atoms with Crippen LogP contribution in [0.15, 0.2) is 47.1 Å². The Balaban J connectivity index is 1.82. The number of hydrogen-bond acceptors (Lipinski definition) is 6. The predicted octanol–water partition coefficient (Wildman–Crippen LogP) is 3.75. The summed E-state index contributed by atoms with van der Waals surface area (Å²) in [6.07, 6.45) is 1.56. The van der Waals surface area contributed by atoms with Crippen LogP contribution in [-0.2, 0) is 4.74 Å². The number of carbonyl (C=O) groups excluding carboxylic acids is 2. The van der Waals surface area contributed by atoms with E-state index in [9.17, 15) is 9.59 Å². The molecule has 0 aliphatic heterocycles. The minimum absolute atomic E-state index is 0.329. The van der Waals surface area contributed by atoms with Crippen molar-refractivity contribution in [1.82, 2.24) is 4.98 Å². The minimum atomic E-state index is -0.462. The molecule has 0 spiro atoms. The maximum Gasteiger partial charge on any atom is 0.337 e. The van der Waals surface area contributed by atoms with Crippen LogP contribution >= 0.6 is 11.3 Å². The zero-order valence-electron chi connectivity index (χ0n) is 13.0. The van der Waals surface area contributed by atoms with Gasteiger partial charge in [-0.15, -0.1) is 11.3 Å². The van der Waals surface area contributed by atoms with Crippen molar-refractivity contribution in [2.45, 2.75) is 6.92 Å². The van der Waals surface area contributed by atoms with Crippen LogP contribution in [0.4, 0.5) is 5.69 Å². The standard InChI is InChI=1S/C17H14N2O4S/c1-10-14(19-16(24-10)13-7-4-8-23-13)15(20)18-12-6-3-5-11(9-12)17(21)22-2/h3-9H,1-2H3,(H,18,20). The van der Waals surface area contributed by atoms with E-state index in [-0.39, 0.29) is 5.91 Å². The van der Waals surface area contributed by atoms with Crippen molar-refractivity contribution in [3.05, 3.63) is 58.8 Å². The molecule has 122 valence electrons. The lowest BCUT2D eigenvalue weighted by Gasteiger charge is -2.05. The van der Waals surface area contributed by atoms with Crippen LogP contribution in [0.3, 0.4) is 0 Å². The third kappa shape index (κ3) is 3.21. The van der Waals surface area contributed by atoms with E-state index >= 15 is 0 Å². The molecule has 2 aromatic heterocycles. The fourth-order valence-electron chi connectivity index (χ4n) is 2.14. The second-order valence-corrected chi connectivity index (χ2v) is 6.13. The highest BCUT2D eigenvalue weighted by molar-refractivity contribution is 7.15. The lowest BCUT2D eigenvalue weighted by molar-refractivity contribution is 0.0600. The van der Waals surface area contributed by atoms with Crippen molar-refractivity contribution in [2.75, 3.05) is 12.4 Å². The molecule has 0 atom stereocenters. The maximum absolute atomic E-state index is 12.5. The molecule has 1 N–H and O–H groups in total. The van der Waals surface area contributed by atoms with Gasteiger partial charge >= 0.3 is 5.97 Å². The number of esters is 1. The van der Waals surface area contributed by atoms with Gasteiger partial charge in [-0.3, -0.25) is 4.79 Å². The molecule has 3 aromatic rings. The lowest BCUT2D eigenvalue weighted by atomic mass is 10.2. The second-order valence-electron chi connectivity index (χ2n) is 4.93. The van der Waals surface area contributed by atoms with Crippen LogP contribution in [-0.4, -0.2) is 24.0 Å². The Hall–Kier alpha value is -2.93. The van der Waals surface area contributed by atoms with Crippen molar-refractivity contribution in [3.63, 3.8) is 0 Å². The third-order valence-corrected chi connectivity index (χ3v) is 4.27. The molecular weight excluding hydrogens is 328 g/mol. The summed E-state index contributed by atoms with van der Waals surface area (Å²) in [5.41, 5.74) is 1.19. The summed E-state index contributed by atoms with van der Waals surface area (Å²) < 4.78 is 9.98. The molecule has 0 aliphatic carbocycles. The highest BCUT2D eigenvalue weighted by Gasteiger charge is 2.18. The average Bonchev–Trinajstić information content (AvgIpc) is 3.23. The Labute approximate surface area is 142 Å². The fourth-order valence-corrected chi connectivity index (χ4v) is 3.02. The van der Waals surface area contributed by atoms with Gasteiger partial charge in [-0.2, -0.15) is 0 Å². The normalized spacial score (nSPS) is 10.4. The SMILES string of the molecule is COC(=O)c1cccc(NC(=O)c2nc(-c3ccco3)sc2C)c1. The number of ether oxygens (including phenoxy) is 1. The molecule has 0 fully saturated rings. The Morgan fingerprint density at radius 3 is 2.79 bits per heavy atom. The number of aryl methyl sites for hydroxylation is 1. The summed E-state index contributed by atoms with van der Waals surface area (Å²) in [7, 11) is 1.31. The molecule has 0 aliphatic rings. The van der Waals surface area contributed by atoms with Gasteiger partial charge in [0, 0.05) is 10.6 Å². The highest BCUT2D eigenvalue weighted by atomic mass is 32.1. The van der Waals surface area contributed by atoms with Gasteiger partial charge in [0.25, 0.3) is 5.91 Å². The number of rotatable bonds is 4. The first-order valence-corrected chi connectivity index (χ1v) is 7.91. The molecule has 0 bridgehead atoms. The number of hydrogen-bond donors (Lipinski definition) is 1. The van der Waals surface area contributed by atoms with Crippen molar-refractivity contribution in [3.8, 4) is 10.8 Å². The molecule has 0 saturated heterocycles. The maximum atomic E-state index is 12.5. The molecule has 2 heterocycles. The molecular formula is C17H14N2O4S. The van der Waals surface area contributed by atoms with E-state index in [0.29, 0.717) is 27.7 Å². The number of benzene rings is 1. The van der Waals surface area contributed by atoms with Crippen LogP contribution in [0.25, 0.3) is 10.8 Å². The van der Waals surface area contributed by atoms with Crippen LogP contribution in [0, 0.1) is 6.92 Å². The molecule has 24 heavy (non-hydrogen) atoms. The first-order valence-electron chi connectivity index (χ1n) is 7.09. The van der Waals surface area contributed by atoms with Gasteiger partial charge in [-0.25, -0.2) is 9.78 Å². The van der Waals surface area contributed by atoms with Crippen molar-refractivity contribution < 1.29 is 18.7 Å². The van der Waals surface area contributed by atoms with Gasteiger partial charge in [0.1, 0.15) is 5.69 Å². The molecule has 1 aromatic carbocycles. The average molecular weight is 342 g/mol. The molecule has 0 radical (unpaired) electrons. The van der Waals surface area contributed by atoms with Crippen LogP contribution in [0.1, 0.15) is 25.7 Å². The summed E-state index contributed by atoms with van der Waals surface area (Å²) >= 11 is 1.38. The minimum Gasteiger partial charge on any atom is -0.465 e. The molecule has 7 heteroatoms. The largest absolute Gasteiger partial charge is 0.465 e. The number of nitrogens with one attached hydrogen (secondary N) is 1. The highest BCUT2D eigenvalue weighted by Crippen LogP contribution is 2.28. The van der Waals surface area contributed by atoms with E-state index in [1.165, 1.54) is 18.4 Å². The number of furan rings is 1. The van der Waals surface area contributed by atoms with Gasteiger partial charge in [0.2, 0.25) is 0 Å². The molecule has 3 rings (SSSR count). The van der Waals surface area contributed by atoms with Gasteiger partial charge in [0.15, 0.2) is 10.8 Å². The monoisotopic (exact) mass is 342 g/mol. The van der Waals surface area contributed by atoms with Crippen LogP contribution < -0.4 is 5.32 Å². The fraction of sp³-hybridized carbons (Fsp3) is 0.118. The zero-order chi connectivity index (χ0) is 17.1. The zero-order valence-corrected chi connectivity index (χ0v) is 13.8. The summed E-state index contributed by atoms with van der Waals surface area (Å²) in [6, 6.07) is 10.1. The topological polar surface area (TPSA) is 81.4 Å². The molecule has 1 amide bonds. The van der Waals surface area contributed by atoms with E-state index in [1.807, 2.05) is 6.92 Å². The number of carbonyl (C=O) groups is 2. The van der Waals surface area contributed by atoms with Gasteiger partial charge in [-0.1, -0.05) is 6.07 Å². The summed E-state index contributed by atoms with van der Waals surface area (Å²) in [5, 5.41) is 3.39. The van der Waals surface area contributed by atoms with Crippen molar-refractivity contribution >= 4 is 28.9 Å². The molecule has 0 unspecified atom stereocenters. The third-order valence-electron chi connectivity index (χ3n) is 3.29. The van der Waals surface area contributed by atoms with Gasteiger partial charge in [-0.05, 0) is 37.3 Å². The first kappa shape index (κ1) is 15.9. The summed E-state index contributed by atoms with van der Waals surface area (Å²) in [5.74, 6) is -0.186. The van der Waals surface area contributed by atoms with Gasteiger partial charge < -0.3 is 14.5 Å². The van der Waals surface area contributed by atoms with E-state index in [1.54, 1.807) is 42.7 Å². The summed E-state index contributed by atoms with van der Waals surface area (Å²) in [6.45, 7) is 1.82. The number of amides is 1. The van der Waals surface area contributed by atoms with E-state index in [4.69, 9.17) is 4.42 Å². The van der Waals surface area contributed by atoms with Crippen LogP contribution in [0.2, 0.25) is 0 Å². The van der Waals surface area contributed by atoms with Crippen molar-refractivity contribution in [2.24, 2.45) is 0 Å². The van der Waals surface area contributed by atoms with E-state index in [0.717, 1.165) is 4.88 Å². The Morgan fingerprint density at radius 1 is 1.25 bits per heavy atom. The van der Waals surface area contributed by atoms with Crippen LogP contribution in [0.5, 0.6) is 0 Å². The molecule has 0 saturated carbocycles. The van der Waals surface area contributed by atoms with E-state index in [2.05, 4.69) is 15.0 Å². The quantitative estimate of drug-likeness (QED) is 0.730. The van der Waals surface area contributed by atoms with Gasteiger partial charge in [0.05, 0.1) is 18.9 Å². The number of anilines is 1. The smallest absolute Gasteiger partial charge is 0.337 e. The molecule has 6 nitrogen and oxygen atoms in total. The first-order chi connectivity index (χ1) is 11.6. The van der Waals surface area contributed by atoms with E-state index < -0.39 is 5.97 Å². The number of nitrogens with zero attached hydrogens (tertiary/aromatic N) is 1. The Kier molecular flexibility index (Phi) is 4.43. The summed E-state index contributed by atoms with van der Waals surface area (Å²) in [4.78, 5) is 29.1. The van der Waals surface area contributed by atoms with Crippen molar-refractivity contribution in [1.29, 1.82) is 0 Å². The Bertz CT molecular complexity index is 884.